The summed E-state index contributed by atoms with van der Waals surface area (Å²) in [6.45, 7) is 13.8. The van der Waals surface area contributed by atoms with Gasteiger partial charge in [0.1, 0.15) is 0 Å². The summed E-state index contributed by atoms with van der Waals surface area (Å²) in [4.78, 5) is 0. The molecule has 0 fully saturated rings. The van der Waals surface area contributed by atoms with Crippen molar-refractivity contribution in [1.82, 2.24) is 9.78 Å². The number of hydrogen-bond acceptors (Lipinski definition) is 1. The normalized spacial score (nSPS) is 11.7. The van der Waals surface area contributed by atoms with E-state index in [1.807, 2.05) is 16.9 Å². The molecule has 2 heteroatoms. The highest BCUT2D eigenvalue weighted by Gasteiger charge is 2.19. The van der Waals surface area contributed by atoms with Crippen LogP contribution in [0.5, 0.6) is 0 Å². The van der Waals surface area contributed by atoms with Crippen LogP contribution in [0.25, 0.3) is 5.57 Å². The number of aryl methyl sites for hydroxylation is 1. The van der Waals surface area contributed by atoms with Crippen molar-refractivity contribution in [3.8, 4) is 0 Å². The highest BCUT2D eigenvalue weighted by Crippen LogP contribution is 2.31. The zero-order valence-electron chi connectivity index (χ0n) is 9.67. The third-order valence-electron chi connectivity index (χ3n) is 2.37. The van der Waals surface area contributed by atoms with Crippen LogP contribution in [0.1, 0.15) is 39.8 Å². The van der Waals surface area contributed by atoms with E-state index < -0.39 is 0 Å². The van der Waals surface area contributed by atoms with Gasteiger partial charge in [-0.3, -0.25) is 4.68 Å². The predicted molar refractivity (Wildman–Crippen MR) is 61.0 cm³/mol. The number of rotatable bonds is 3. The van der Waals surface area contributed by atoms with Gasteiger partial charge < -0.3 is 0 Å². The summed E-state index contributed by atoms with van der Waals surface area (Å²) in [6, 6.07) is 2.04. The minimum Gasteiger partial charge on any atom is -0.265 e. The molecule has 0 saturated heterocycles. The van der Waals surface area contributed by atoms with Crippen LogP contribution in [0.4, 0.5) is 0 Å². The molecule has 0 spiro atoms. The maximum Gasteiger partial charge on any atom is 0.0641 e. The largest absolute Gasteiger partial charge is 0.265 e. The second-order valence-corrected chi connectivity index (χ2v) is 4.67. The van der Waals surface area contributed by atoms with Crippen LogP contribution >= 0.6 is 0 Å². The Kier molecular flexibility index (Phi) is 3.14. The van der Waals surface area contributed by atoms with Crippen molar-refractivity contribution >= 4 is 5.57 Å². The van der Waals surface area contributed by atoms with Gasteiger partial charge in [-0.1, -0.05) is 34.3 Å². The van der Waals surface area contributed by atoms with E-state index in [0.717, 1.165) is 18.5 Å². The molecule has 0 N–H and O–H groups in total. The Hall–Kier alpha value is -1.05. The summed E-state index contributed by atoms with van der Waals surface area (Å²) in [7, 11) is 0. The topological polar surface area (TPSA) is 17.8 Å². The maximum atomic E-state index is 4.30. The molecule has 0 atom stereocenters. The third-order valence-corrected chi connectivity index (χ3v) is 2.37. The molecule has 0 aliphatic rings. The van der Waals surface area contributed by atoms with Crippen LogP contribution in [0.2, 0.25) is 0 Å². The first-order chi connectivity index (χ1) is 6.46. The Morgan fingerprint density at radius 1 is 1.50 bits per heavy atom. The van der Waals surface area contributed by atoms with Crippen LogP contribution in [0.3, 0.4) is 0 Å². The van der Waals surface area contributed by atoms with Crippen LogP contribution in [0.15, 0.2) is 18.8 Å². The van der Waals surface area contributed by atoms with Gasteiger partial charge >= 0.3 is 0 Å². The molecular weight excluding hydrogens is 172 g/mol. The molecule has 78 valence electrons. The van der Waals surface area contributed by atoms with E-state index in [1.165, 1.54) is 5.69 Å². The molecule has 0 amide bonds. The van der Waals surface area contributed by atoms with Gasteiger partial charge in [0.25, 0.3) is 0 Å². The predicted octanol–water partition coefficient (Wildman–Crippen LogP) is 3.35. The Morgan fingerprint density at radius 3 is 2.64 bits per heavy atom. The molecule has 0 aromatic carbocycles. The number of aromatic nitrogens is 2. The Bertz CT molecular complexity index is 315. The van der Waals surface area contributed by atoms with Gasteiger partial charge in [0.05, 0.1) is 5.69 Å². The van der Waals surface area contributed by atoms with Gasteiger partial charge in [-0.05, 0) is 23.5 Å². The minimum atomic E-state index is 0.117. The Morgan fingerprint density at radius 2 is 2.14 bits per heavy atom. The first-order valence-corrected chi connectivity index (χ1v) is 5.18. The lowest BCUT2D eigenvalue weighted by atomic mass is 9.85. The van der Waals surface area contributed by atoms with Gasteiger partial charge in [-0.2, -0.15) is 5.10 Å². The van der Waals surface area contributed by atoms with Crippen molar-refractivity contribution in [1.29, 1.82) is 0 Å². The first-order valence-electron chi connectivity index (χ1n) is 5.18. The van der Waals surface area contributed by atoms with E-state index in [0.29, 0.717) is 0 Å². The molecule has 1 heterocycles. The van der Waals surface area contributed by atoms with E-state index in [1.54, 1.807) is 0 Å². The lowest BCUT2D eigenvalue weighted by Gasteiger charge is -2.22. The van der Waals surface area contributed by atoms with Crippen molar-refractivity contribution in [2.75, 3.05) is 0 Å². The summed E-state index contributed by atoms with van der Waals surface area (Å²) in [6.07, 6.45) is 2.95. The van der Waals surface area contributed by atoms with Crippen LogP contribution in [-0.4, -0.2) is 9.78 Å². The monoisotopic (exact) mass is 192 g/mol. The molecule has 0 unspecified atom stereocenters. The molecule has 0 radical (unpaired) electrons. The van der Waals surface area contributed by atoms with Crippen LogP contribution < -0.4 is 0 Å². The molecule has 0 aliphatic carbocycles. The van der Waals surface area contributed by atoms with Gasteiger partial charge in [0.2, 0.25) is 0 Å². The second kappa shape index (κ2) is 3.99. The van der Waals surface area contributed by atoms with Gasteiger partial charge in [0.15, 0.2) is 0 Å². The fraction of sp³-hybridized carbons (Fsp3) is 0.583. The molecule has 2 nitrogen and oxygen atoms in total. The van der Waals surface area contributed by atoms with E-state index >= 15 is 0 Å². The van der Waals surface area contributed by atoms with Gasteiger partial charge in [-0.15, -0.1) is 0 Å². The first kappa shape index (κ1) is 11.0. The SMILES string of the molecule is C=C(c1ccnn1CCC)C(C)(C)C. The van der Waals surface area contributed by atoms with E-state index in [-0.39, 0.29) is 5.41 Å². The lowest BCUT2D eigenvalue weighted by Crippen LogP contribution is -2.12. The molecule has 0 saturated carbocycles. The second-order valence-electron chi connectivity index (χ2n) is 4.67. The van der Waals surface area contributed by atoms with Gasteiger partial charge in [0, 0.05) is 12.7 Å². The highest BCUT2D eigenvalue weighted by atomic mass is 15.3. The quantitative estimate of drug-likeness (QED) is 0.718. The lowest BCUT2D eigenvalue weighted by molar-refractivity contribution is 0.542. The number of hydrogen-bond donors (Lipinski definition) is 0. The molecule has 1 aromatic rings. The van der Waals surface area contributed by atoms with Gasteiger partial charge in [-0.25, -0.2) is 0 Å². The van der Waals surface area contributed by atoms with Crippen molar-refractivity contribution < 1.29 is 0 Å². The maximum absolute atomic E-state index is 4.30. The zero-order valence-corrected chi connectivity index (χ0v) is 9.67. The zero-order chi connectivity index (χ0) is 10.8. The van der Waals surface area contributed by atoms with Crippen molar-refractivity contribution in [3.05, 3.63) is 24.5 Å². The van der Waals surface area contributed by atoms with Crippen LogP contribution in [0, 0.1) is 5.41 Å². The molecule has 14 heavy (non-hydrogen) atoms. The summed E-state index contributed by atoms with van der Waals surface area (Å²) in [5.41, 5.74) is 2.44. The molecule has 1 aromatic heterocycles. The summed E-state index contributed by atoms with van der Waals surface area (Å²) in [5.74, 6) is 0. The summed E-state index contributed by atoms with van der Waals surface area (Å²) in [5, 5.41) is 4.30. The van der Waals surface area contributed by atoms with Crippen molar-refractivity contribution in [2.45, 2.75) is 40.7 Å². The Balaban J connectivity index is 2.95. The average molecular weight is 192 g/mol. The molecule has 1 rings (SSSR count). The van der Waals surface area contributed by atoms with E-state index in [9.17, 15) is 0 Å². The standard InChI is InChI=1S/C12H20N2/c1-6-9-14-11(7-8-13-14)10(2)12(3,4)5/h7-8H,2,6,9H2,1,3-5H3. The summed E-state index contributed by atoms with van der Waals surface area (Å²) < 4.78 is 2.04. The Labute approximate surface area is 86.6 Å². The van der Waals surface area contributed by atoms with Crippen molar-refractivity contribution in [2.24, 2.45) is 5.41 Å². The molecule has 0 bridgehead atoms. The average Bonchev–Trinajstić information content (AvgIpc) is 2.50. The number of allylic oxidation sites excluding steroid dienone is 1. The third kappa shape index (κ3) is 2.25. The van der Waals surface area contributed by atoms with Crippen LogP contribution in [-0.2, 0) is 6.54 Å². The highest BCUT2D eigenvalue weighted by molar-refractivity contribution is 5.64. The summed E-state index contributed by atoms with van der Waals surface area (Å²) >= 11 is 0. The fourth-order valence-corrected chi connectivity index (χ4v) is 1.36. The van der Waals surface area contributed by atoms with E-state index in [2.05, 4.69) is 39.4 Å². The molecular formula is C12H20N2. The van der Waals surface area contributed by atoms with Crippen molar-refractivity contribution in [3.63, 3.8) is 0 Å². The number of nitrogens with zero attached hydrogens (tertiary/aromatic N) is 2. The smallest absolute Gasteiger partial charge is 0.0641 e. The minimum absolute atomic E-state index is 0.117. The van der Waals surface area contributed by atoms with E-state index in [4.69, 9.17) is 0 Å². The molecule has 0 aliphatic heterocycles. The fourth-order valence-electron chi connectivity index (χ4n) is 1.36.